The Morgan fingerprint density at radius 3 is 2.94 bits per heavy atom. The molecular formula is C10H16N4O2. The van der Waals surface area contributed by atoms with Crippen LogP contribution in [-0.2, 0) is 11.2 Å². The Kier molecular flexibility index (Phi) is 4.50. The number of amides is 1. The van der Waals surface area contributed by atoms with Crippen molar-refractivity contribution in [3.05, 3.63) is 17.6 Å². The topological polar surface area (TPSA) is 90.1 Å². The Morgan fingerprint density at radius 2 is 2.31 bits per heavy atom. The number of carbonyl (C=O) groups is 1. The van der Waals surface area contributed by atoms with E-state index in [1.807, 2.05) is 19.9 Å². The number of hydrogen-bond donors (Lipinski definition) is 2. The van der Waals surface area contributed by atoms with Crippen molar-refractivity contribution in [2.75, 3.05) is 18.5 Å². The molecule has 0 aliphatic rings. The quantitative estimate of drug-likeness (QED) is 0.724. The van der Waals surface area contributed by atoms with E-state index in [0.29, 0.717) is 6.54 Å². The molecule has 0 bridgehead atoms. The van der Waals surface area contributed by atoms with Crippen LogP contribution >= 0.6 is 0 Å². The van der Waals surface area contributed by atoms with Gasteiger partial charge >= 0.3 is 6.09 Å². The van der Waals surface area contributed by atoms with Gasteiger partial charge in [0.1, 0.15) is 18.2 Å². The van der Waals surface area contributed by atoms with E-state index in [2.05, 4.69) is 20.0 Å². The van der Waals surface area contributed by atoms with Crippen molar-refractivity contribution in [1.82, 2.24) is 9.97 Å². The van der Waals surface area contributed by atoms with Crippen LogP contribution in [-0.4, -0.2) is 29.2 Å². The number of nitrogens with one attached hydrogen (secondary N) is 1. The summed E-state index contributed by atoms with van der Waals surface area (Å²) in [5, 5.41) is 3.03. The van der Waals surface area contributed by atoms with Crippen LogP contribution in [0.15, 0.2) is 6.07 Å². The summed E-state index contributed by atoms with van der Waals surface area (Å²) in [5.74, 6) is 1.45. The Labute approximate surface area is 94.2 Å². The first-order valence-corrected chi connectivity index (χ1v) is 5.12. The molecule has 0 spiro atoms. The number of nitrogens with zero attached hydrogens (tertiary/aromatic N) is 2. The third kappa shape index (κ3) is 4.12. The van der Waals surface area contributed by atoms with Gasteiger partial charge in [-0.2, -0.15) is 0 Å². The normalized spacial score (nSPS) is 9.88. The number of nitrogens with two attached hydrogens (primary N) is 1. The van der Waals surface area contributed by atoms with Gasteiger partial charge in [-0.15, -0.1) is 0 Å². The highest BCUT2D eigenvalue weighted by Gasteiger charge is 2.00. The maximum absolute atomic E-state index is 10.3. The highest BCUT2D eigenvalue weighted by atomic mass is 16.5. The lowest BCUT2D eigenvalue weighted by Gasteiger charge is -2.07. The van der Waals surface area contributed by atoms with Crippen LogP contribution in [0.25, 0.3) is 0 Å². The molecule has 0 saturated carbocycles. The number of ether oxygens (including phenoxy) is 1. The molecule has 0 atom stereocenters. The Balaban J connectivity index is 2.47. The largest absolute Gasteiger partial charge is 0.448 e. The molecule has 0 aliphatic heterocycles. The molecule has 0 fully saturated rings. The Hall–Kier alpha value is -1.85. The van der Waals surface area contributed by atoms with Crippen molar-refractivity contribution in [1.29, 1.82) is 0 Å². The van der Waals surface area contributed by atoms with Gasteiger partial charge < -0.3 is 15.8 Å². The van der Waals surface area contributed by atoms with Gasteiger partial charge in [0.2, 0.25) is 0 Å². The van der Waals surface area contributed by atoms with Gasteiger partial charge in [-0.25, -0.2) is 14.8 Å². The van der Waals surface area contributed by atoms with Gasteiger partial charge in [0, 0.05) is 11.8 Å². The van der Waals surface area contributed by atoms with Crippen LogP contribution in [0.5, 0.6) is 0 Å². The van der Waals surface area contributed by atoms with Gasteiger partial charge in [-0.3, -0.25) is 0 Å². The molecule has 0 aliphatic carbocycles. The molecule has 1 aromatic heterocycles. The average Bonchev–Trinajstić information content (AvgIpc) is 2.23. The summed E-state index contributed by atoms with van der Waals surface area (Å²) in [7, 11) is 0. The summed E-state index contributed by atoms with van der Waals surface area (Å²) in [6.07, 6.45) is 0.0884. The second kappa shape index (κ2) is 5.89. The molecule has 1 rings (SSSR count). The van der Waals surface area contributed by atoms with Crippen molar-refractivity contribution in [3.63, 3.8) is 0 Å². The van der Waals surface area contributed by atoms with E-state index < -0.39 is 6.09 Å². The average molecular weight is 224 g/mol. The highest BCUT2D eigenvalue weighted by molar-refractivity contribution is 5.64. The van der Waals surface area contributed by atoms with Crippen molar-refractivity contribution in [3.8, 4) is 0 Å². The smallest absolute Gasteiger partial charge is 0.404 e. The zero-order chi connectivity index (χ0) is 12.0. The summed E-state index contributed by atoms with van der Waals surface area (Å²) < 4.78 is 4.58. The number of rotatable bonds is 5. The third-order valence-corrected chi connectivity index (χ3v) is 1.91. The molecule has 1 amide bonds. The van der Waals surface area contributed by atoms with Crippen LogP contribution in [0.3, 0.4) is 0 Å². The van der Waals surface area contributed by atoms with Crippen molar-refractivity contribution in [2.24, 2.45) is 5.73 Å². The second-order valence-corrected chi connectivity index (χ2v) is 3.24. The molecule has 0 aromatic carbocycles. The van der Waals surface area contributed by atoms with Crippen molar-refractivity contribution < 1.29 is 9.53 Å². The minimum Gasteiger partial charge on any atom is -0.448 e. The number of carbonyl (C=O) groups excluding carboxylic acids is 1. The molecule has 1 heterocycles. The van der Waals surface area contributed by atoms with E-state index in [9.17, 15) is 4.79 Å². The fourth-order valence-corrected chi connectivity index (χ4v) is 1.23. The number of primary amides is 1. The SMILES string of the molecule is CCc1cc(NCCOC(N)=O)nc(C)n1. The molecule has 3 N–H and O–H groups in total. The number of aromatic nitrogens is 2. The first-order chi connectivity index (χ1) is 7.61. The number of hydrogen-bond acceptors (Lipinski definition) is 5. The lowest BCUT2D eigenvalue weighted by Crippen LogP contribution is -2.18. The predicted octanol–water partition coefficient (Wildman–Crippen LogP) is 0.855. The van der Waals surface area contributed by atoms with Crippen LogP contribution in [0.1, 0.15) is 18.4 Å². The zero-order valence-corrected chi connectivity index (χ0v) is 9.49. The summed E-state index contributed by atoms with van der Waals surface area (Å²) in [6.45, 7) is 4.56. The zero-order valence-electron chi connectivity index (χ0n) is 9.49. The minimum absolute atomic E-state index is 0.222. The maximum atomic E-state index is 10.3. The molecule has 6 heteroatoms. The van der Waals surface area contributed by atoms with Crippen LogP contribution in [0.4, 0.5) is 10.6 Å². The fraction of sp³-hybridized carbons (Fsp3) is 0.500. The van der Waals surface area contributed by atoms with Gasteiger partial charge in [-0.05, 0) is 13.3 Å². The second-order valence-electron chi connectivity index (χ2n) is 3.24. The molecule has 6 nitrogen and oxygen atoms in total. The molecule has 0 unspecified atom stereocenters. The van der Waals surface area contributed by atoms with Crippen LogP contribution in [0.2, 0.25) is 0 Å². The van der Waals surface area contributed by atoms with Gasteiger partial charge in [-0.1, -0.05) is 6.92 Å². The van der Waals surface area contributed by atoms with Gasteiger partial charge in [0.25, 0.3) is 0 Å². The molecule has 0 saturated heterocycles. The minimum atomic E-state index is -0.769. The lowest BCUT2D eigenvalue weighted by molar-refractivity contribution is 0.161. The van der Waals surface area contributed by atoms with Crippen molar-refractivity contribution in [2.45, 2.75) is 20.3 Å². The van der Waals surface area contributed by atoms with E-state index in [0.717, 1.165) is 23.8 Å². The fourth-order valence-electron chi connectivity index (χ4n) is 1.23. The number of anilines is 1. The third-order valence-electron chi connectivity index (χ3n) is 1.91. The Bertz CT molecular complexity index is 368. The highest BCUT2D eigenvalue weighted by Crippen LogP contribution is 2.06. The van der Waals surface area contributed by atoms with E-state index in [1.165, 1.54) is 0 Å². The van der Waals surface area contributed by atoms with E-state index in [-0.39, 0.29) is 6.61 Å². The molecule has 1 aromatic rings. The Morgan fingerprint density at radius 1 is 1.56 bits per heavy atom. The summed E-state index contributed by atoms with van der Waals surface area (Å²) >= 11 is 0. The molecule has 88 valence electrons. The van der Waals surface area contributed by atoms with E-state index in [4.69, 9.17) is 5.73 Å². The monoisotopic (exact) mass is 224 g/mol. The standard InChI is InChI=1S/C10H16N4O2/c1-3-8-6-9(14-7(2)13-8)12-4-5-16-10(11)15/h6H,3-5H2,1-2H3,(H2,11,15)(H,12,13,14). The first-order valence-electron chi connectivity index (χ1n) is 5.12. The molecular weight excluding hydrogens is 208 g/mol. The molecule has 0 radical (unpaired) electrons. The number of aryl methyl sites for hydroxylation is 2. The van der Waals surface area contributed by atoms with Gasteiger partial charge in [0.15, 0.2) is 0 Å². The van der Waals surface area contributed by atoms with Crippen LogP contribution in [0, 0.1) is 6.92 Å². The van der Waals surface area contributed by atoms with Crippen molar-refractivity contribution >= 4 is 11.9 Å². The van der Waals surface area contributed by atoms with E-state index in [1.54, 1.807) is 0 Å². The predicted molar refractivity (Wildman–Crippen MR) is 60.2 cm³/mol. The first kappa shape index (κ1) is 12.2. The van der Waals surface area contributed by atoms with Gasteiger partial charge in [0.05, 0.1) is 6.54 Å². The molecule has 16 heavy (non-hydrogen) atoms. The van der Waals surface area contributed by atoms with Crippen LogP contribution < -0.4 is 11.1 Å². The summed E-state index contributed by atoms with van der Waals surface area (Å²) in [6, 6.07) is 1.87. The lowest BCUT2D eigenvalue weighted by atomic mass is 10.3. The summed E-state index contributed by atoms with van der Waals surface area (Å²) in [5.41, 5.74) is 5.80. The van der Waals surface area contributed by atoms with E-state index >= 15 is 0 Å². The maximum Gasteiger partial charge on any atom is 0.404 e. The summed E-state index contributed by atoms with van der Waals surface area (Å²) in [4.78, 5) is 18.8.